The molecule has 3 amide bonds. The monoisotopic (exact) mass is 521 g/mol. The molecule has 0 fully saturated rings. The molecule has 4 rings (SSSR count). The van der Waals surface area contributed by atoms with E-state index in [1.807, 2.05) is 73.7 Å². The second kappa shape index (κ2) is 13.1. The van der Waals surface area contributed by atoms with Crippen molar-refractivity contribution in [3.63, 3.8) is 0 Å². The summed E-state index contributed by atoms with van der Waals surface area (Å²) in [5, 5.41) is 8.49. The number of thioether (sulfide) groups is 1. The Kier molecular flexibility index (Phi) is 9.10. The van der Waals surface area contributed by atoms with Gasteiger partial charge in [-0.3, -0.25) is 14.4 Å². The van der Waals surface area contributed by atoms with Crippen LogP contribution in [0, 0.1) is 6.92 Å². The van der Waals surface area contributed by atoms with Crippen molar-refractivity contribution in [2.24, 2.45) is 0 Å². The van der Waals surface area contributed by atoms with Gasteiger partial charge >= 0.3 is 0 Å². The summed E-state index contributed by atoms with van der Waals surface area (Å²) in [5.74, 6) is -0.740. The Hall–Kier alpha value is -4.62. The number of aryl methyl sites for hydroxylation is 1. The van der Waals surface area contributed by atoms with Crippen molar-refractivity contribution in [2.75, 3.05) is 16.4 Å². The van der Waals surface area contributed by atoms with Gasteiger partial charge < -0.3 is 16.0 Å². The minimum Gasteiger partial charge on any atom is -0.325 e. The average Bonchev–Trinajstić information content (AvgIpc) is 2.94. The summed E-state index contributed by atoms with van der Waals surface area (Å²) >= 11 is 1.36. The second-order valence-corrected chi connectivity index (χ2v) is 9.47. The van der Waals surface area contributed by atoms with E-state index < -0.39 is 5.91 Å². The van der Waals surface area contributed by atoms with Crippen molar-refractivity contribution in [1.29, 1.82) is 0 Å². The third-order valence-corrected chi connectivity index (χ3v) is 6.53. The Morgan fingerprint density at radius 1 is 0.737 bits per heavy atom. The number of amides is 3. The van der Waals surface area contributed by atoms with Gasteiger partial charge in [-0.05, 0) is 66.6 Å². The summed E-state index contributed by atoms with van der Waals surface area (Å²) in [6, 6.07) is 32.9. The van der Waals surface area contributed by atoms with E-state index in [-0.39, 0.29) is 23.3 Å². The Morgan fingerprint density at radius 3 is 2.13 bits per heavy atom. The van der Waals surface area contributed by atoms with Crippen LogP contribution in [-0.4, -0.2) is 23.5 Å². The lowest BCUT2D eigenvalue weighted by molar-refractivity contribution is -0.114. The molecular formula is C31H27N3O3S. The fourth-order valence-corrected chi connectivity index (χ4v) is 4.33. The van der Waals surface area contributed by atoms with Crippen LogP contribution in [0.2, 0.25) is 0 Å². The number of rotatable bonds is 9. The van der Waals surface area contributed by atoms with Gasteiger partial charge in [-0.15, -0.1) is 11.8 Å². The number of hydrogen-bond donors (Lipinski definition) is 3. The smallest absolute Gasteiger partial charge is 0.272 e. The molecule has 0 heterocycles. The van der Waals surface area contributed by atoms with Crippen molar-refractivity contribution >= 4 is 46.9 Å². The summed E-state index contributed by atoms with van der Waals surface area (Å²) in [7, 11) is 0. The van der Waals surface area contributed by atoms with Crippen molar-refractivity contribution in [3.05, 3.63) is 132 Å². The molecule has 38 heavy (non-hydrogen) atoms. The van der Waals surface area contributed by atoms with E-state index in [4.69, 9.17) is 0 Å². The Morgan fingerprint density at radius 2 is 1.39 bits per heavy atom. The maximum Gasteiger partial charge on any atom is 0.272 e. The van der Waals surface area contributed by atoms with Crippen LogP contribution >= 0.6 is 11.8 Å². The lowest BCUT2D eigenvalue weighted by atomic mass is 10.1. The molecule has 3 N–H and O–H groups in total. The van der Waals surface area contributed by atoms with Crippen LogP contribution in [0.1, 0.15) is 21.5 Å². The van der Waals surface area contributed by atoms with Crippen LogP contribution in [0.3, 0.4) is 0 Å². The van der Waals surface area contributed by atoms with Crippen molar-refractivity contribution in [2.45, 2.75) is 11.8 Å². The highest BCUT2D eigenvalue weighted by molar-refractivity contribution is 8.00. The third-order valence-electron chi connectivity index (χ3n) is 5.54. The van der Waals surface area contributed by atoms with Crippen LogP contribution in [0.15, 0.2) is 120 Å². The van der Waals surface area contributed by atoms with Crippen LogP contribution in [0.4, 0.5) is 11.4 Å². The molecule has 0 aliphatic carbocycles. The molecule has 0 saturated carbocycles. The van der Waals surface area contributed by atoms with E-state index in [1.54, 1.807) is 48.5 Å². The van der Waals surface area contributed by atoms with Gasteiger partial charge in [0.25, 0.3) is 11.8 Å². The van der Waals surface area contributed by atoms with E-state index in [0.717, 1.165) is 21.7 Å². The first-order valence-electron chi connectivity index (χ1n) is 12.0. The van der Waals surface area contributed by atoms with Crippen molar-refractivity contribution in [3.8, 4) is 0 Å². The first-order valence-corrected chi connectivity index (χ1v) is 13.0. The van der Waals surface area contributed by atoms with Crippen LogP contribution < -0.4 is 16.0 Å². The summed E-state index contributed by atoms with van der Waals surface area (Å²) in [5.41, 5.74) is 3.65. The van der Waals surface area contributed by atoms with E-state index in [1.165, 1.54) is 11.8 Å². The topological polar surface area (TPSA) is 87.3 Å². The molecular weight excluding hydrogens is 494 g/mol. The fraction of sp³-hybridized carbons (Fsp3) is 0.0645. The zero-order valence-electron chi connectivity index (χ0n) is 20.8. The quantitative estimate of drug-likeness (QED) is 0.183. The Balaban J connectivity index is 1.46. The van der Waals surface area contributed by atoms with Crippen molar-refractivity contribution in [1.82, 2.24) is 5.32 Å². The SMILES string of the molecule is Cc1ccccc1/C=C(\NC(=O)c1ccccc1)C(=O)Nc1cccc(SCC(=O)Nc2ccccc2)c1. The van der Waals surface area contributed by atoms with Gasteiger partial charge in [-0.1, -0.05) is 66.7 Å². The number of carbonyl (C=O) groups excluding carboxylic acids is 3. The molecule has 6 nitrogen and oxygen atoms in total. The molecule has 0 bridgehead atoms. The van der Waals surface area contributed by atoms with Crippen LogP contribution in [0.25, 0.3) is 6.08 Å². The number of anilines is 2. The zero-order valence-corrected chi connectivity index (χ0v) is 21.6. The molecule has 0 aliphatic rings. The van der Waals surface area contributed by atoms with Gasteiger partial charge in [0.15, 0.2) is 0 Å². The molecule has 0 saturated heterocycles. The fourth-order valence-electron chi connectivity index (χ4n) is 3.58. The minimum atomic E-state index is -0.457. The maximum atomic E-state index is 13.3. The van der Waals surface area contributed by atoms with Gasteiger partial charge in [-0.25, -0.2) is 0 Å². The molecule has 4 aromatic carbocycles. The first-order chi connectivity index (χ1) is 18.5. The standard InChI is InChI=1S/C31H27N3O3S/c1-22-11-8-9-14-24(22)19-28(34-30(36)23-12-4-2-5-13-23)31(37)33-26-17-10-18-27(20-26)38-21-29(35)32-25-15-6-3-7-16-25/h2-20H,21H2,1H3,(H,32,35)(H,33,37)(H,34,36)/b28-19-. The highest BCUT2D eigenvalue weighted by atomic mass is 32.2. The number of nitrogens with one attached hydrogen (secondary N) is 3. The molecule has 4 aromatic rings. The highest BCUT2D eigenvalue weighted by Gasteiger charge is 2.16. The predicted molar refractivity (Wildman–Crippen MR) is 154 cm³/mol. The Bertz CT molecular complexity index is 1450. The maximum absolute atomic E-state index is 13.3. The molecule has 0 aromatic heterocycles. The van der Waals surface area contributed by atoms with E-state index in [2.05, 4.69) is 16.0 Å². The second-order valence-electron chi connectivity index (χ2n) is 8.42. The van der Waals surface area contributed by atoms with E-state index in [9.17, 15) is 14.4 Å². The summed E-state index contributed by atoms with van der Waals surface area (Å²) in [6.45, 7) is 1.94. The van der Waals surface area contributed by atoms with Gasteiger partial charge in [0.1, 0.15) is 5.70 Å². The summed E-state index contributed by atoms with van der Waals surface area (Å²) in [6.07, 6.45) is 1.66. The predicted octanol–water partition coefficient (Wildman–Crippen LogP) is 6.14. The minimum absolute atomic E-state index is 0.119. The van der Waals surface area contributed by atoms with Gasteiger partial charge in [0.2, 0.25) is 5.91 Å². The number of para-hydroxylation sites is 1. The molecule has 0 radical (unpaired) electrons. The lowest BCUT2D eigenvalue weighted by Crippen LogP contribution is -2.30. The normalized spacial score (nSPS) is 10.9. The number of benzene rings is 4. The first kappa shape index (κ1) is 26.4. The lowest BCUT2D eigenvalue weighted by Gasteiger charge is -2.13. The van der Waals surface area contributed by atoms with Gasteiger partial charge in [-0.2, -0.15) is 0 Å². The highest BCUT2D eigenvalue weighted by Crippen LogP contribution is 2.23. The Labute approximate surface area is 226 Å². The van der Waals surface area contributed by atoms with Crippen LogP contribution in [0.5, 0.6) is 0 Å². The average molecular weight is 522 g/mol. The van der Waals surface area contributed by atoms with E-state index in [0.29, 0.717) is 11.3 Å². The number of carbonyl (C=O) groups is 3. The summed E-state index contributed by atoms with van der Waals surface area (Å²) < 4.78 is 0. The van der Waals surface area contributed by atoms with E-state index >= 15 is 0 Å². The van der Waals surface area contributed by atoms with Gasteiger partial charge in [0, 0.05) is 21.8 Å². The molecule has 7 heteroatoms. The molecule has 0 unspecified atom stereocenters. The van der Waals surface area contributed by atoms with Gasteiger partial charge in [0.05, 0.1) is 5.75 Å². The van der Waals surface area contributed by atoms with Crippen LogP contribution in [-0.2, 0) is 9.59 Å². The summed E-state index contributed by atoms with van der Waals surface area (Å²) in [4.78, 5) is 39.3. The molecule has 0 aliphatic heterocycles. The molecule has 0 atom stereocenters. The number of hydrogen-bond acceptors (Lipinski definition) is 4. The molecule has 190 valence electrons. The third kappa shape index (κ3) is 7.69. The molecule has 0 spiro atoms. The largest absolute Gasteiger partial charge is 0.325 e. The zero-order chi connectivity index (χ0) is 26.7. The van der Waals surface area contributed by atoms with Crippen molar-refractivity contribution < 1.29 is 14.4 Å².